The van der Waals surface area contributed by atoms with Crippen LogP contribution in [0.15, 0.2) is 48.5 Å². The lowest BCUT2D eigenvalue weighted by atomic mass is 10.0. The van der Waals surface area contributed by atoms with Crippen molar-refractivity contribution in [2.24, 2.45) is 0 Å². The standard InChI is InChI=1S/C20H25N3O3/c1-13(15-9-10-18(25-2)19(11-15)26-3)21-20(24)17-12-16(22-23-17)14-7-5-4-6-8-14/h4-11,13,16-17,22-23H,12H2,1-3H3,(H,21,24). The van der Waals surface area contributed by atoms with E-state index >= 15 is 0 Å². The molecule has 1 aliphatic heterocycles. The summed E-state index contributed by atoms with van der Waals surface area (Å²) in [7, 11) is 3.20. The van der Waals surface area contributed by atoms with Gasteiger partial charge in [-0.1, -0.05) is 36.4 Å². The van der Waals surface area contributed by atoms with E-state index in [0.717, 1.165) is 5.56 Å². The molecule has 6 nitrogen and oxygen atoms in total. The highest BCUT2D eigenvalue weighted by Gasteiger charge is 2.30. The molecule has 1 heterocycles. The molecule has 0 aliphatic carbocycles. The number of hydrogen-bond donors (Lipinski definition) is 3. The molecule has 1 saturated heterocycles. The molecule has 3 N–H and O–H groups in total. The summed E-state index contributed by atoms with van der Waals surface area (Å²) < 4.78 is 10.6. The highest BCUT2D eigenvalue weighted by Crippen LogP contribution is 2.30. The van der Waals surface area contributed by atoms with Gasteiger partial charge in [0.1, 0.15) is 6.04 Å². The van der Waals surface area contributed by atoms with E-state index in [1.807, 2.05) is 43.3 Å². The quantitative estimate of drug-likeness (QED) is 0.743. The third kappa shape index (κ3) is 3.98. The number of amides is 1. The number of hydrogen-bond acceptors (Lipinski definition) is 5. The predicted octanol–water partition coefficient (Wildman–Crippen LogP) is 2.49. The number of ether oxygens (including phenoxy) is 2. The van der Waals surface area contributed by atoms with Gasteiger partial charge >= 0.3 is 0 Å². The molecule has 0 saturated carbocycles. The average Bonchev–Trinajstić information content (AvgIpc) is 3.18. The van der Waals surface area contributed by atoms with E-state index in [-0.39, 0.29) is 24.0 Å². The summed E-state index contributed by atoms with van der Waals surface area (Å²) in [6.07, 6.45) is 0.703. The zero-order chi connectivity index (χ0) is 18.5. The Balaban J connectivity index is 1.61. The van der Waals surface area contributed by atoms with Gasteiger partial charge in [-0.3, -0.25) is 4.79 Å². The summed E-state index contributed by atoms with van der Waals surface area (Å²) >= 11 is 0. The van der Waals surface area contributed by atoms with E-state index in [9.17, 15) is 4.79 Å². The number of nitrogens with one attached hydrogen (secondary N) is 3. The third-order valence-corrected chi connectivity index (χ3v) is 4.69. The van der Waals surface area contributed by atoms with Crippen LogP contribution in [0.5, 0.6) is 11.5 Å². The molecule has 2 aromatic carbocycles. The fraction of sp³-hybridized carbons (Fsp3) is 0.350. The van der Waals surface area contributed by atoms with Crippen LogP contribution in [0.4, 0.5) is 0 Å². The Morgan fingerprint density at radius 2 is 1.81 bits per heavy atom. The number of methoxy groups -OCH3 is 2. The Labute approximate surface area is 153 Å². The summed E-state index contributed by atoms with van der Waals surface area (Å²) in [5.41, 5.74) is 8.43. The van der Waals surface area contributed by atoms with Gasteiger partial charge in [0.25, 0.3) is 0 Å². The van der Waals surface area contributed by atoms with Crippen LogP contribution in [0, 0.1) is 0 Å². The van der Waals surface area contributed by atoms with Crippen LogP contribution < -0.4 is 25.6 Å². The third-order valence-electron chi connectivity index (χ3n) is 4.69. The van der Waals surface area contributed by atoms with Gasteiger partial charge in [-0.25, -0.2) is 10.9 Å². The van der Waals surface area contributed by atoms with Crippen molar-refractivity contribution < 1.29 is 14.3 Å². The highest BCUT2D eigenvalue weighted by atomic mass is 16.5. The molecule has 0 bridgehead atoms. The maximum absolute atomic E-state index is 12.6. The van der Waals surface area contributed by atoms with Crippen LogP contribution in [0.2, 0.25) is 0 Å². The first-order valence-corrected chi connectivity index (χ1v) is 8.70. The molecule has 3 atom stereocenters. The van der Waals surface area contributed by atoms with Crippen LogP contribution in [-0.2, 0) is 4.79 Å². The van der Waals surface area contributed by atoms with Crippen molar-refractivity contribution in [1.82, 2.24) is 16.2 Å². The fourth-order valence-electron chi connectivity index (χ4n) is 3.15. The van der Waals surface area contributed by atoms with E-state index in [1.54, 1.807) is 14.2 Å². The summed E-state index contributed by atoms with van der Waals surface area (Å²) in [6.45, 7) is 1.95. The Morgan fingerprint density at radius 3 is 2.50 bits per heavy atom. The molecule has 26 heavy (non-hydrogen) atoms. The molecule has 138 valence electrons. The van der Waals surface area contributed by atoms with Crippen molar-refractivity contribution in [2.75, 3.05) is 14.2 Å². The zero-order valence-electron chi connectivity index (χ0n) is 15.3. The van der Waals surface area contributed by atoms with Crippen LogP contribution in [-0.4, -0.2) is 26.2 Å². The lowest BCUT2D eigenvalue weighted by molar-refractivity contribution is -0.123. The molecule has 1 amide bonds. The maximum Gasteiger partial charge on any atom is 0.239 e. The van der Waals surface area contributed by atoms with Gasteiger partial charge < -0.3 is 14.8 Å². The van der Waals surface area contributed by atoms with Gasteiger partial charge in [-0.2, -0.15) is 0 Å². The first-order valence-electron chi connectivity index (χ1n) is 8.70. The van der Waals surface area contributed by atoms with Gasteiger partial charge in [0.05, 0.1) is 20.3 Å². The smallest absolute Gasteiger partial charge is 0.239 e. The summed E-state index contributed by atoms with van der Waals surface area (Å²) in [6, 6.07) is 15.5. The maximum atomic E-state index is 12.6. The fourth-order valence-corrected chi connectivity index (χ4v) is 3.15. The Morgan fingerprint density at radius 1 is 1.08 bits per heavy atom. The predicted molar refractivity (Wildman–Crippen MR) is 100.0 cm³/mol. The average molecular weight is 355 g/mol. The van der Waals surface area contributed by atoms with Crippen LogP contribution in [0.3, 0.4) is 0 Å². The minimum absolute atomic E-state index is 0.0294. The van der Waals surface area contributed by atoms with Crippen molar-refractivity contribution in [3.8, 4) is 11.5 Å². The van der Waals surface area contributed by atoms with Gasteiger partial charge in [-0.05, 0) is 36.6 Å². The molecule has 1 fully saturated rings. The van der Waals surface area contributed by atoms with Crippen molar-refractivity contribution in [3.63, 3.8) is 0 Å². The molecule has 2 aromatic rings. The topological polar surface area (TPSA) is 71.6 Å². The molecule has 0 radical (unpaired) electrons. The number of carbonyl (C=O) groups is 1. The van der Waals surface area contributed by atoms with Gasteiger partial charge in [0.15, 0.2) is 11.5 Å². The van der Waals surface area contributed by atoms with E-state index in [4.69, 9.17) is 9.47 Å². The van der Waals surface area contributed by atoms with Crippen LogP contribution in [0.1, 0.15) is 36.6 Å². The lowest BCUT2D eigenvalue weighted by Gasteiger charge is -2.18. The molecule has 3 rings (SSSR count). The van der Waals surface area contributed by atoms with Crippen LogP contribution in [0.25, 0.3) is 0 Å². The second-order valence-electron chi connectivity index (χ2n) is 6.38. The monoisotopic (exact) mass is 355 g/mol. The van der Waals surface area contributed by atoms with Crippen molar-refractivity contribution in [3.05, 3.63) is 59.7 Å². The van der Waals surface area contributed by atoms with E-state index in [0.29, 0.717) is 17.9 Å². The van der Waals surface area contributed by atoms with Crippen molar-refractivity contribution in [2.45, 2.75) is 31.5 Å². The Bertz CT molecular complexity index is 751. The molecule has 0 aromatic heterocycles. The second kappa shape index (κ2) is 8.21. The molecular formula is C20H25N3O3. The summed E-state index contributed by atoms with van der Waals surface area (Å²) in [4.78, 5) is 12.6. The Kier molecular flexibility index (Phi) is 5.75. The molecule has 6 heteroatoms. The van der Waals surface area contributed by atoms with Crippen LogP contribution >= 0.6 is 0 Å². The lowest BCUT2D eigenvalue weighted by Crippen LogP contribution is -2.43. The minimum Gasteiger partial charge on any atom is -0.493 e. The number of hydrazine groups is 1. The number of rotatable bonds is 6. The van der Waals surface area contributed by atoms with Crippen molar-refractivity contribution >= 4 is 5.91 Å². The molecular weight excluding hydrogens is 330 g/mol. The number of carbonyl (C=O) groups excluding carboxylic acids is 1. The molecule has 0 spiro atoms. The second-order valence-corrected chi connectivity index (χ2v) is 6.38. The largest absolute Gasteiger partial charge is 0.493 e. The zero-order valence-corrected chi connectivity index (χ0v) is 15.3. The normalized spacial score (nSPS) is 20.4. The van der Waals surface area contributed by atoms with Gasteiger partial charge in [-0.15, -0.1) is 0 Å². The summed E-state index contributed by atoms with van der Waals surface area (Å²) in [5.74, 6) is 1.29. The minimum atomic E-state index is -0.275. The summed E-state index contributed by atoms with van der Waals surface area (Å²) in [5, 5.41) is 3.06. The van der Waals surface area contributed by atoms with Crippen molar-refractivity contribution in [1.29, 1.82) is 0 Å². The first-order chi connectivity index (χ1) is 12.6. The van der Waals surface area contributed by atoms with E-state index in [1.165, 1.54) is 5.56 Å². The highest BCUT2D eigenvalue weighted by molar-refractivity contribution is 5.82. The SMILES string of the molecule is COc1ccc(C(C)NC(=O)C2CC(c3ccccc3)NN2)cc1OC. The number of benzene rings is 2. The molecule has 1 aliphatic rings. The van der Waals surface area contributed by atoms with Gasteiger partial charge in [0.2, 0.25) is 5.91 Å². The van der Waals surface area contributed by atoms with E-state index < -0.39 is 0 Å². The Hall–Kier alpha value is -2.57. The van der Waals surface area contributed by atoms with Gasteiger partial charge in [0, 0.05) is 6.04 Å². The first kappa shape index (κ1) is 18.2. The molecule has 3 unspecified atom stereocenters. The van der Waals surface area contributed by atoms with E-state index in [2.05, 4.69) is 28.3 Å².